The molecule has 0 unspecified atom stereocenters. The minimum atomic E-state index is -0.556. The topological polar surface area (TPSA) is 42.7 Å². The number of rotatable bonds is 4. The zero-order valence-corrected chi connectivity index (χ0v) is 11.5. The fourth-order valence-electron chi connectivity index (χ4n) is 1.72. The number of benzene rings is 1. The molecule has 1 aliphatic carbocycles. The Morgan fingerprint density at radius 3 is 2.84 bits per heavy atom. The standard InChI is InChI=1S/C12H11BrF2N4/c13-9-3-11(15)12(4-10(9)14)19-6-8(17-18-19)5-16-7-1-2-7/h3-4,6-7,16H,1-2,5H2. The number of aromatic nitrogens is 3. The van der Waals surface area contributed by atoms with E-state index in [1.165, 1.54) is 17.5 Å². The van der Waals surface area contributed by atoms with Gasteiger partial charge >= 0.3 is 0 Å². The van der Waals surface area contributed by atoms with Crippen LogP contribution in [0.4, 0.5) is 8.78 Å². The van der Waals surface area contributed by atoms with E-state index in [9.17, 15) is 8.78 Å². The Balaban J connectivity index is 1.83. The Kier molecular flexibility index (Phi) is 3.32. The second-order valence-corrected chi connectivity index (χ2v) is 5.38. The highest BCUT2D eigenvalue weighted by Crippen LogP contribution is 2.22. The first-order valence-electron chi connectivity index (χ1n) is 5.93. The first-order chi connectivity index (χ1) is 9.13. The van der Waals surface area contributed by atoms with Crippen molar-refractivity contribution in [2.45, 2.75) is 25.4 Å². The molecule has 1 aromatic carbocycles. The molecule has 2 aromatic rings. The molecular weight excluding hydrogens is 318 g/mol. The molecule has 1 fully saturated rings. The van der Waals surface area contributed by atoms with Crippen molar-refractivity contribution >= 4 is 15.9 Å². The summed E-state index contributed by atoms with van der Waals surface area (Å²) >= 11 is 2.94. The van der Waals surface area contributed by atoms with E-state index in [1.54, 1.807) is 6.20 Å². The lowest BCUT2D eigenvalue weighted by atomic mass is 10.3. The van der Waals surface area contributed by atoms with Gasteiger partial charge in [0.15, 0.2) is 0 Å². The molecule has 4 nitrogen and oxygen atoms in total. The van der Waals surface area contributed by atoms with Gasteiger partial charge in [-0.25, -0.2) is 13.5 Å². The Labute approximate surface area is 116 Å². The molecule has 0 bridgehead atoms. The number of hydrogen-bond donors (Lipinski definition) is 1. The van der Waals surface area contributed by atoms with E-state index in [0.717, 1.165) is 12.1 Å². The molecule has 1 aliphatic rings. The van der Waals surface area contributed by atoms with Crippen molar-refractivity contribution < 1.29 is 8.78 Å². The summed E-state index contributed by atoms with van der Waals surface area (Å²) in [6.45, 7) is 0.589. The van der Waals surface area contributed by atoms with E-state index < -0.39 is 11.6 Å². The van der Waals surface area contributed by atoms with Crippen LogP contribution in [-0.4, -0.2) is 21.0 Å². The van der Waals surface area contributed by atoms with Crippen LogP contribution in [0.5, 0.6) is 0 Å². The lowest BCUT2D eigenvalue weighted by molar-refractivity contribution is 0.579. The van der Waals surface area contributed by atoms with Crippen LogP contribution in [0.3, 0.4) is 0 Å². The highest BCUT2D eigenvalue weighted by molar-refractivity contribution is 9.10. The molecule has 3 rings (SSSR count). The second kappa shape index (κ2) is 4.97. The van der Waals surface area contributed by atoms with Crippen LogP contribution in [0.2, 0.25) is 0 Å². The SMILES string of the molecule is Fc1cc(-n2cc(CNC3CC3)nn2)c(F)cc1Br. The normalized spacial score (nSPS) is 14.9. The van der Waals surface area contributed by atoms with Crippen molar-refractivity contribution in [3.63, 3.8) is 0 Å². The zero-order chi connectivity index (χ0) is 13.4. The molecule has 0 amide bonds. The summed E-state index contributed by atoms with van der Waals surface area (Å²) in [6.07, 6.45) is 3.96. The molecule has 7 heteroatoms. The molecule has 0 aliphatic heterocycles. The molecule has 0 atom stereocenters. The summed E-state index contributed by atoms with van der Waals surface area (Å²) in [7, 11) is 0. The average molecular weight is 329 g/mol. The Morgan fingerprint density at radius 2 is 2.11 bits per heavy atom. The second-order valence-electron chi connectivity index (χ2n) is 4.53. The van der Waals surface area contributed by atoms with Gasteiger partial charge < -0.3 is 5.32 Å². The van der Waals surface area contributed by atoms with Gasteiger partial charge in [-0.3, -0.25) is 0 Å². The van der Waals surface area contributed by atoms with Gasteiger partial charge in [0.1, 0.15) is 17.3 Å². The van der Waals surface area contributed by atoms with Crippen molar-refractivity contribution in [2.75, 3.05) is 0 Å². The Hall–Kier alpha value is -1.34. The van der Waals surface area contributed by atoms with Crippen molar-refractivity contribution in [3.05, 3.63) is 40.1 Å². The number of nitrogens with one attached hydrogen (secondary N) is 1. The fourth-order valence-corrected chi connectivity index (χ4v) is 2.04. The molecule has 19 heavy (non-hydrogen) atoms. The maximum Gasteiger partial charge on any atom is 0.150 e. The van der Waals surface area contributed by atoms with Crippen LogP contribution in [0, 0.1) is 11.6 Å². The molecule has 1 aromatic heterocycles. The number of nitrogens with zero attached hydrogens (tertiary/aromatic N) is 3. The van der Waals surface area contributed by atoms with Gasteiger partial charge in [-0.1, -0.05) is 5.21 Å². The summed E-state index contributed by atoms with van der Waals surface area (Å²) in [6, 6.07) is 2.73. The number of halogens is 3. The third kappa shape index (κ3) is 2.82. The van der Waals surface area contributed by atoms with E-state index in [-0.39, 0.29) is 10.2 Å². The third-order valence-corrected chi connectivity index (χ3v) is 3.53. The Morgan fingerprint density at radius 1 is 1.32 bits per heavy atom. The molecule has 100 valence electrons. The molecular formula is C12H11BrF2N4. The quantitative estimate of drug-likeness (QED) is 0.877. The monoisotopic (exact) mass is 328 g/mol. The zero-order valence-electron chi connectivity index (χ0n) is 9.91. The smallest absolute Gasteiger partial charge is 0.150 e. The summed E-state index contributed by atoms with van der Waals surface area (Å²) < 4.78 is 28.5. The average Bonchev–Trinajstić information content (AvgIpc) is 3.09. The van der Waals surface area contributed by atoms with Crippen molar-refractivity contribution in [1.82, 2.24) is 20.3 Å². The van der Waals surface area contributed by atoms with Crippen LogP contribution >= 0.6 is 15.9 Å². The van der Waals surface area contributed by atoms with Crippen LogP contribution in [-0.2, 0) is 6.54 Å². The van der Waals surface area contributed by atoms with Gasteiger partial charge in [0.2, 0.25) is 0 Å². The molecule has 0 radical (unpaired) electrons. The van der Waals surface area contributed by atoms with Crippen LogP contribution in [0.1, 0.15) is 18.5 Å². The summed E-state index contributed by atoms with van der Waals surface area (Å²) in [4.78, 5) is 0. The Bertz CT molecular complexity index is 610. The van der Waals surface area contributed by atoms with Gasteiger partial charge in [-0.2, -0.15) is 0 Å². The van der Waals surface area contributed by atoms with Crippen LogP contribution < -0.4 is 5.32 Å². The van der Waals surface area contributed by atoms with E-state index >= 15 is 0 Å². The predicted octanol–water partition coefficient (Wildman–Crippen LogP) is 2.56. The first-order valence-corrected chi connectivity index (χ1v) is 6.72. The van der Waals surface area contributed by atoms with Crippen LogP contribution in [0.25, 0.3) is 5.69 Å². The third-order valence-electron chi connectivity index (χ3n) is 2.93. The molecule has 0 spiro atoms. The minimum Gasteiger partial charge on any atom is -0.308 e. The molecule has 0 saturated heterocycles. The number of hydrogen-bond acceptors (Lipinski definition) is 3. The van der Waals surface area contributed by atoms with Gasteiger partial charge in [-0.05, 0) is 34.8 Å². The van der Waals surface area contributed by atoms with E-state index in [2.05, 4.69) is 31.6 Å². The van der Waals surface area contributed by atoms with Crippen LogP contribution in [0.15, 0.2) is 22.8 Å². The van der Waals surface area contributed by atoms with Crippen molar-refractivity contribution in [3.8, 4) is 5.69 Å². The van der Waals surface area contributed by atoms with E-state index in [1.807, 2.05) is 0 Å². The minimum absolute atomic E-state index is 0.0471. The van der Waals surface area contributed by atoms with Gasteiger partial charge in [0.25, 0.3) is 0 Å². The molecule has 1 heterocycles. The highest BCUT2D eigenvalue weighted by Gasteiger charge is 2.20. The molecule has 1 saturated carbocycles. The highest BCUT2D eigenvalue weighted by atomic mass is 79.9. The van der Waals surface area contributed by atoms with Crippen molar-refractivity contribution in [2.24, 2.45) is 0 Å². The maximum absolute atomic E-state index is 13.7. The lowest BCUT2D eigenvalue weighted by Crippen LogP contribution is -2.15. The summed E-state index contributed by atoms with van der Waals surface area (Å²) in [5.74, 6) is -1.09. The predicted molar refractivity (Wildman–Crippen MR) is 68.8 cm³/mol. The largest absolute Gasteiger partial charge is 0.308 e. The first kappa shape index (κ1) is 12.7. The lowest BCUT2D eigenvalue weighted by Gasteiger charge is -2.03. The molecule has 1 N–H and O–H groups in total. The van der Waals surface area contributed by atoms with Gasteiger partial charge in [0.05, 0.1) is 16.4 Å². The van der Waals surface area contributed by atoms with Crippen molar-refractivity contribution in [1.29, 1.82) is 0 Å². The maximum atomic E-state index is 13.7. The summed E-state index contributed by atoms with van der Waals surface area (Å²) in [5.41, 5.74) is 0.750. The van der Waals surface area contributed by atoms with E-state index in [4.69, 9.17) is 0 Å². The van der Waals surface area contributed by atoms with E-state index in [0.29, 0.717) is 18.3 Å². The fraction of sp³-hybridized carbons (Fsp3) is 0.333. The van der Waals surface area contributed by atoms with Gasteiger partial charge in [0, 0.05) is 18.7 Å². The summed E-state index contributed by atoms with van der Waals surface area (Å²) in [5, 5.41) is 11.0. The van der Waals surface area contributed by atoms with Gasteiger partial charge in [-0.15, -0.1) is 5.10 Å².